The summed E-state index contributed by atoms with van der Waals surface area (Å²) in [6.45, 7) is 1.69. The Balaban J connectivity index is 1.87. The van der Waals surface area contributed by atoms with Gasteiger partial charge in [-0.15, -0.1) is 0 Å². The summed E-state index contributed by atoms with van der Waals surface area (Å²) in [6.07, 6.45) is 0.490. The predicted octanol–water partition coefficient (Wildman–Crippen LogP) is -0.0240. The van der Waals surface area contributed by atoms with Crippen molar-refractivity contribution < 1.29 is 23.8 Å². The zero-order valence-corrected chi connectivity index (χ0v) is 13.8. The molecule has 7 heteroatoms. The van der Waals surface area contributed by atoms with Gasteiger partial charge in [0.05, 0.1) is 38.5 Å². The fourth-order valence-corrected chi connectivity index (χ4v) is 2.64. The van der Waals surface area contributed by atoms with Crippen LogP contribution in [0.15, 0.2) is 24.3 Å². The minimum absolute atomic E-state index is 0.0505. The van der Waals surface area contributed by atoms with Crippen LogP contribution in [0.25, 0.3) is 0 Å². The van der Waals surface area contributed by atoms with E-state index in [1.54, 1.807) is 7.11 Å². The Kier molecular flexibility index (Phi) is 7.33. The summed E-state index contributed by atoms with van der Waals surface area (Å²) < 4.78 is 15.5. The Morgan fingerprint density at radius 1 is 1.17 bits per heavy atom. The highest BCUT2D eigenvalue weighted by molar-refractivity contribution is 5.89. The van der Waals surface area contributed by atoms with Crippen LogP contribution in [0.1, 0.15) is 17.2 Å². The highest BCUT2D eigenvalue weighted by Crippen LogP contribution is 2.26. The summed E-state index contributed by atoms with van der Waals surface area (Å²) in [5.74, 6) is -0.597. The summed E-state index contributed by atoms with van der Waals surface area (Å²) in [5, 5.41) is 3.03. The lowest BCUT2D eigenvalue weighted by atomic mass is 9.88. The molecule has 0 aromatic heterocycles. The van der Waals surface area contributed by atoms with Crippen LogP contribution in [0.4, 0.5) is 0 Å². The Labute approximate surface area is 141 Å². The maximum Gasteiger partial charge on any atom is 0.234 e. The van der Waals surface area contributed by atoms with E-state index < -0.39 is 18.0 Å². The summed E-state index contributed by atoms with van der Waals surface area (Å²) >= 11 is 0. The molecule has 0 aliphatic carbocycles. The molecular formula is C17H24N2O5. The molecule has 132 valence electrons. The summed E-state index contributed by atoms with van der Waals surface area (Å²) in [5.41, 5.74) is 7.23. The number of rotatable bonds is 10. The number of benzene rings is 1. The standard InChI is InChI=1S/C17H24N2O5/c1-22-6-7-23-8-9-24-11-15(20)16-13-5-3-2-4-12(13)10-14(19-16)17(18)21/h2-5,14,16,19H,6-11H2,1H3,(H2,18,21). The summed E-state index contributed by atoms with van der Waals surface area (Å²) in [7, 11) is 1.60. The van der Waals surface area contributed by atoms with Crippen molar-refractivity contribution in [1.29, 1.82) is 0 Å². The largest absolute Gasteiger partial charge is 0.382 e. The van der Waals surface area contributed by atoms with Gasteiger partial charge < -0.3 is 19.9 Å². The second-order valence-corrected chi connectivity index (χ2v) is 5.58. The van der Waals surface area contributed by atoms with E-state index >= 15 is 0 Å². The van der Waals surface area contributed by atoms with Gasteiger partial charge in [0.25, 0.3) is 0 Å². The minimum atomic E-state index is -0.582. The molecule has 0 bridgehead atoms. The monoisotopic (exact) mass is 336 g/mol. The van der Waals surface area contributed by atoms with Gasteiger partial charge in [0, 0.05) is 7.11 Å². The SMILES string of the molecule is COCCOCCOCC(=O)C1NC(C(N)=O)Cc2ccccc21. The highest BCUT2D eigenvalue weighted by atomic mass is 16.5. The smallest absolute Gasteiger partial charge is 0.234 e. The molecule has 1 aromatic carbocycles. The Hall–Kier alpha value is -1.80. The molecule has 0 radical (unpaired) electrons. The van der Waals surface area contributed by atoms with Crippen molar-refractivity contribution in [3.05, 3.63) is 35.4 Å². The molecule has 1 amide bonds. The Morgan fingerprint density at radius 2 is 1.88 bits per heavy atom. The molecule has 0 saturated heterocycles. The predicted molar refractivity (Wildman–Crippen MR) is 87.5 cm³/mol. The lowest BCUT2D eigenvalue weighted by molar-refractivity contribution is -0.127. The average Bonchev–Trinajstić information content (AvgIpc) is 2.59. The number of hydrogen-bond donors (Lipinski definition) is 2. The van der Waals surface area contributed by atoms with E-state index in [4.69, 9.17) is 19.9 Å². The lowest BCUT2D eigenvalue weighted by Gasteiger charge is -2.30. The quantitative estimate of drug-likeness (QED) is 0.582. The molecule has 2 atom stereocenters. The van der Waals surface area contributed by atoms with Crippen LogP contribution in [0.5, 0.6) is 0 Å². The van der Waals surface area contributed by atoms with Crippen molar-refractivity contribution in [3.63, 3.8) is 0 Å². The third-order valence-corrected chi connectivity index (χ3v) is 3.87. The number of ether oxygens (including phenoxy) is 3. The van der Waals surface area contributed by atoms with E-state index in [0.29, 0.717) is 32.8 Å². The Bertz CT molecular complexity index is 564. The first-order chi connectivity index (χ1) is 11.6. The van der Waals surface area contributed by atoms with Crippen LogP contribution in [0.3, 0.4) is 0 Å². The van der Waals surface area contributed by atoms with Gasteiger partial charge in [0.1, 0.15) is 6.61 Å². The van der Waals surface area contributed by atoms with Crippen LogP contribution < -0.4 is 11.1 Å². The van der Waals surface area contributed by atoms with Crippen LogP contribution in [0, 0.1) is 0 Å². The van der Waals surface area contributed by atoms with Crippen LogP contribution in [-0.4, -0.2) is 57.9 Å². The zero-order valence-electron chi connectivity index (χ0n) is 13.8. The van der Waals surface area contributed by atoms with Crippen molar-refractivity contribution in [3.8, 4) is 0 Å². The maximum atomic E-state index is 12.5. The molecule has 1 aliphatic heterocycles. The minimum Gasteiger partial charge on any atom is -0.382 e. The van der Waals surface area contributed by atoms with Crippen molar-refractivity contribution in [2.24, 2.45) is 5.73 Å². The third-order valence-electron chi connectivity index (χ3n) is 3.87. The van der Waals surface area contributed by atoms with Crippen LogP contribution >= 0.6 is 0 Å². The topological polar surface area (TPSA) is 99.9 Å². The number of carbonyl (C=O) groups is 2. The van der Waals surface area contributed by atoms with Gasteiger partial charge in [0.15, 0.2) is 5.78 Å². The highest BCUT2D eigenvalue weighted by Gasteiger charge is 2.32. The third kappa shape index (κ3) is 5.10. The number of hydrogen-bond acceptors (Lipinski definition) is 6. The zero-order chi connectivity index (χ0) is 17.4. The van der Waals surface area contributed by atoms with E-state index in [-0.39, 0.29) is 12.4 Å². The van der Waals surface area contributed by atoms with Crippen molar-refractivity contribution in [1.82, 2.24) is 5.32 Å². The second-order valence-electron chi connectivity index (χ2n) is 5.58. The maximum absolute atomic E-state index is 12.5. The molecule has 0 saturated carbocycles. The number of ketones is 1. The van der Waals surface area contributed by atoms with E-state index in [0.717, 1.165) is 11.1 Å². The van der Waals surface area contributed by atoms with Gasteiger partial charge in [-0.3, -0.25) is 14.9 Å². The first-order valence-electron chi connectivity index (χ1n) is 7.93. The molecule has 2 rings (SSSR count). The molecule has 1 aromatic rings. The molecule has 1 aliphatic rings. The van der Waals surface area contributed by atoms with Crippen molar-refractivity contribution >= 4 is 11.7 Å². The molecule has 24 heavy (non-hydrogen) atoms. The first kappa shape index (κ1) is 18.5. The van der Waals surface area contributed by atoms with E-state index in [1.165, 1.54) is 0 Å². The van der Waals surface area contributed by atoms with E-state index in [1.807, 2.05) is 24.3 Å². The van der Waals surface area contributed by atoms with Gasteiger partial charge in [0.2, 0.25) is 5.91 Å². The number of amides is 1. The summed E-state index contributed by atoms with van der Waals surface area (Å²) in [6, 6.07) is 6.42. The lowest BCUT2D eigenvalue weighted by Crippen LogP contribution is -2.50. The van der Waals surface area contributed by atoms with E-state index in [2.05, 4.69) is 5.32 Å². The number of nitrogens with one attached hydrogen (secondary N) is 1. The number of carbonyl (C=O) groups excluding carboxylic acids is 2. The molecular weight excluding hydrogens is 312 g/mol. The number of fused-ring (bicyclic) bond motifs is 1. The van der Waals surface area contributed by atoms with Gasteiger partial charge >= 0.3 is 0 Å². The molecule has 3 N–H and O–H groups in total. The fraction of sp³-hybridized carbons (Fsp3) is 0.529. The number of primary amides is 1. The van der Waals surface area contributed by atoms with Crippen LogP contribution in [0.2, 0.25) is 0 Å². The molecule has 7 nitrogen and oxygen atoms in total. The number of nitrogens with two attached hydrogens (primary N) is 1. The molecule has 1 heterocycles. The van der Waals surface area contributed by atoms with Crippen LogP contribution in [-0.2, 0) is 30.2 Å². The van der Waals surface area contributed by atoms with Gasteiger partial charge in [-0.1, -0.05) is 24.3 Å². The van der Waals surface area contributed by atoms with Gasteiger partial charge in [-0.05, 0) is 17.5 Å². The Morgan fingerprint density at radius 3 is 2.62 bits per heavy atom. The van der Waals surface area contributed by atoms with Gasteiger partial charge in [-0.25, -0.2) is 0 Å². The number of methoxy groups -OCH3 is 1. The summed E-state index contributed by atoms with van der Waals surface area (Å²) in [4.78, 5) is 24.0. The molecule has 0 fully saturated rings. The second kappa shape index (κ2) is 9.48. The van der Waals surface area contributed by atoms with Crippen molar-refractivity contribution in [2.45, 2.75) is 18.5 Å². The number of Topliss-reactive ketones (excluding diaryl/α,β-unsaturated/α-hetero) is 1. The van der Waals surface area contributed by atoms with Gasteiger partial charge in [-0.2, -0.15) is 0 Å². The van der Waals surface area contributed by atoms with E-state index in [9.17, 15) is 9.59 Å². The first-order valence-corrected chi connectivity index (χ1v) is 7.93. The van der Waals surface area contributed by atoms with Crippen molar-refractivity contribution in [2.75, 3.05) is 40.1 Å². The molecule has 0 spiro atoms. The average molecular weight is 336 g/mol. The molecule has 2 unspecified atom stereocenters. The fourth-order valence-electron chi connectivity index (χ4n) is 2.64. The normalized spacial score (nSPS) is 19.7.